The molecule has 0 aliphatic rings. The maximum Gasteiger partial charge on any atom is 0.0113 e. The van der Waals surface area contributed by atoms with Crippen molar-refractivity contribution >= 4 is 0 Å². The van der Waals surface area contributed by atoms with Gasteiger partial charge in [-0.1, -0.05) is 69.0 Å². The average molecular weight is 255 g/mol. The Morgan fingerprint density at radius 1 is 1.26 bits per heavy atom. The highest BCUT2D eigenvalue weighted by Gasteiger charge is 2.02. The van der Waals surface area contributed by atoms with Crippen LogP contribution in [0.2, 0.25) is 0 Å². The van der Waals surface area contributed by atoms with Crippen LogP contribution >= 0.6 is 0 Å². The van der Waals surface area contributed by atoms with Crippen LogP contribution in [-0.2, 0) is 0 Å². The molecule has 0 spiro atoms. The number of rotatable bonds is 7. The van der Waals surface area contributed by atoms with Crippen molar-refractivity contribution in [2.24, 2.45) is 0 Å². The largest absolute Gasteiger partial charge is 0.322 e. The zero-order chi connectivity index (χ0) is 13.8. The maximum absolute atomic E-state index is 3.16. The van der Waals surface area contributed by atoms with Crippen LogP contribution in [0.15, 0.2) is 42.6 Å². The molecule has 0 saturated heterocycles. The van der Waals surface area contributed by atoms with E-state index < -0.39 is 0 Å². The van der Waals surface area contributed by atoms with E-state index in [0.717, 1.165) is 19.3 Å². The van der Waals surface area contributed by atoms with Crippen molar-refractivity contribution in [3.63, 3.8) is 0 Å². The van der Waals surface area contributed by atoms with E-state index in [1.165, 1.54) is 18.4 Å². The lowest BCUT2D eigenvalue weighted by Gasteiger charge is -2.08. The Hall–Kier alpha value is -1.68. The number of benzene rings is 1. The highest BCUT2D eigenvalue weighted by atomic mass is 14.8. The second-order valence-corrected chi connectivity index (χ2v) is 4.84. The third-order valence-corrected chi connectivity index (χ3v) is 3.16. The monoisotopic (exact) mass is 255 g/mol. The first-order valence-electron chi connectivity index (χ1n) is 7.28. The zero-order valence-corrected chi connectivity index (χ0v) is 12.2. The van der Waals surface area contributed by atoms with Crippen LogP contribution in [0.3, 0.4) is 0 Å². The highest BCUT2D eigenvalue weighted by Crippen LogP contribution is 2.19. The van der Waals surface area contributed by atoms with Gasteiger partial charge in [-0.3, -0.25) is 0 Å². The predicted molar refractivity (Wildman–Crippen MR) is 83.7 cm³/mol. The average Bonchev–Trinajstić information content (AvgIpc) is 2.46. The molecule has 1 aromatic carbocycles. The summed E-state index contributed by atoms with van der Waals surface area (Å²) in [4.78, 5) is 0. The lowest BCUT2D eigenvalue weighted by Crippen LogP contribution is -1.94. The van der Waals surface area contributed by atoms with E-state index in [1.54, 1.807) is 0 Å². The van der Waals surface area contributed by atoms with Gasteiger partial charge in [-0.2, -0.15) is 0 Å². The lowest BCUT2D eigenvalue weighted by atomic mass is 9.97. The molecule has 0 saturated carbocycles. The van der Waals surface area contributed by atoms with E-state index >= 15 is 0 Å². The molecular formula is C18H25N. The van der Waals surface area contributed by atoms with Crippen molar-refractivity contribution in [2.75, 3.05) is 0 Å². The van der Waals surface area contributed by atoms with Gasteiger partial charge in [0.15, 0.2) is 0 Å². The minimum atomic E-state index is 0.579. The molecule has 0 fully saturated rings. The van der Waals surface area contributed by atoms with Crippen LogP contribution < -0.4 is 5.32 Å². The van der Waals surface area contributed by atoms with Gasteiger partial charge in [0.05, 0.1) is 0 Å². The van der Waals surface area contributed by atoms with Crippen LogP contribution in [0.4, 0.5) is 0 Å². The van der Waals surface area contributed by atoms with Crippen LogP contribution in [0.1, 0.15) is 57.4 Å². The van der Waals surface area contributed by atoms with Crippen molar-refractivity contribution in [2.45, 2.75) is 51.9 Å². The summed E-state index contributed by atoms with van der Waals surface area (Å²) in [5.74, 6) is 3.74. The Morgan fingerprint density at radius 2 is 2.05 bits per heavy atom. The minimum absolute atomic E-state index is 0.579. The molecule has 0 heterocycles. The van der Waals surface area contributed by atoms with E-state index in [9.17, 15) is 0 Å². The molecule has 1 nitrogen and oxygen atoms in total. The van der Waals surface area contributed by atoms with Gasteiger partial charge >= 0.3 is 0 Å². The van der Waals surface area contributed by atoms with Crippen LogP contribution in [0.25, 0.3) is 0 Å². The molecular weight excluding hydrogens is 230 g/mol. The molecule has 1 unspecified atom stereocenters. The number of hydrogen-bond acceptors (Lipinski definition) is 1. The molecule has 19 heavy (non-hydrogen) atoms. The first-order valence-corrected chi connectivity index (χ1v) is 7.28. The van der Waals surface area contributed by atoms with Crippen molar-refractivity contribution in [3.05, 3.63) is 48.2 Å². The molecule has 0 amide bonds. The third kappa shape index (κ3) is 7.36. The summed E-state index contributed by atoms with van der Waals surface area (Å²) in [6.07, 6.45) is 9.77. The molecule has 1 aromatic rings. The van der Waals surface area contributed by atoms with Crippen LogP contribution in [0, 0.1) is 12.0 Å². The summed E-state index contributed by atoms with van der Waals surface area (Å²) in [6, 6.07) is 13.6. The Balaban J connectivity index is 2.15. The number of allylic oxidation sites excluding steroid dienone is 1. The Kier molecular flexibility index (Phi) is 8.31. The summed E-state index contributed by atoms with van der Waals surface area (Å²) >= 11 is 0. The van der Waals surface area contributed by atoms with Gasteiger partial charge in [0, 0.05) is 18.7 Å². The Labute approximate surface area is 118 Å². The Bertz CT molecular complexity index is 408. The van der Waals surface area contributed by atoms with Crippen molar-refractivity contribution < 1.29 is 0 Å². The fourth-order valence-corrected chi connectivity index (χ4v) is 1.86. The number of nitrogens with one attached hydrogen (secondary N) is 1. The summed E-state index contributed by atoms with van der Waals surface area (Å²) in [5.41, 5.74) is 1.40. The van der Waals surface area contributed by atoms with E-state index in [1.807, 2.05) is 6.20 Å². The van der Waals surface area contributed by atoms with Gasteiger partial charge in [-0.25, -0.2) is 0 Å². The van der Waals surface area contributed by atoms with Crippen molar-refractivity contribution in [3.8, 4) is 12.0 Å². The van der Waals surface area contributed by atoms with Gasteiger partial charge in [0.1, 0.15) is 0 Å². The van der Waals surface area contributed by atoms with Gasteiger partial charge in [0.2, 0.25) is 0 Å². The molecule has 0 bridgehead atoms. The Morgan fingerprint density at radius 3 is 2.79 bits per heavy atom. The predicted octanol–water partition coefficient (Wildman–Crippen LogP) is 4.82. The fourth-order valence-electron chi connectivity index (χ4n) is 1.86. The van der Waals surface area contributed by atoms with Crippen molar-refractivity contribution in [1.29, 1.82) is 0 Å². The van der Waals surface area contributed by atoms with E-state index in [0.29, 0.717) is 5.92 Å². The van der Waals surface area contributed by atoms with E-state index in [-0.39, 0.29) is 0 Å². The quantitative estimate of drug-likeness (QED) is 0.418. The van der Waals surface area contributed by atoms with Crippen LogP contribution in [-0.4, -0.2) is 0 Å². The molecule has 0 aromatic heterocycles. The highest BCUT2D eigenvalue weighted by molar-refractivity contribution is 5.19. The van der Waals surface area contributed by atoms with Gasteiger partial charge < -0.3 is 5.32 Å². The van der Waals surface area contributed by atoms with Gasteiger partial charge in [-0.05, 0) is 24.3 Å². The third-order valence-electron chi connectivity index (χ3n) is 3.16. The maximum atomic E-state index is 3.16. The molecule has 1 N–H and O–H groups in total. The van der Waals surface area contributed by atoms with Gasteiger partial charge in [0.25, 0.3) is 0 Å². The molecule has 1 rings (SSSR count). The fraction of sp³-hybridized carbons (Fsp3) is 0.444. The molecule has 102 valence electrons. The standard InChI is InChI=1S/C18H25N/c1-3-4-5-10-15-19-16-11-9-12-17(2)18-13-7-6-8-14-18/h6-8,10,13-15,17,19H,3-5,9,12H2,1-2H3/b15-10+. The van der Waals surface area contributed by atoms with Crippen molar-refractivity contribution in [1.82, 2.24) is 5.32 Å². The number of hydrogen-bond donors (Lipinski definition) is 1. The summed E-state index contributed by atoms with van der Waals surface area (Å²) < 4.78 is 0. The second kappa shape index (κ2) is 10.3. The van der Waals surface area contributed by atoms with E-state index in [2.05, 4.69) is 67.5 Å². The number of unbranched alkanes of at least 4 members (excludes halogenated alkanes) is 2. The second-order valence-electron chi connectivity index (χ2n) is 4.84. The topological polar surface area (TPSA) is 12.0 Å². The molecule has 1 atom stereocenters. The first kappa shape index (κ1) is 15.4. The zero-order valence-electron chi connectivity index (χ0n) is 12.2. The van der Waals surface area contributed by atoms with Crippen LogP contribution in [0.5, 0.6) is 0 Å². The summed E-state index contributed by atoms with van der Waals surface area (Å²) in [7, 11) is 0. The smallest absolute Gasteiger partial charge is 0.0113 e. The molecule has 0 aliphatic heterocycles. The van der Waals surface area contributed by atoms with Gasteiger partial charge in [-0.15, -0.1) is 0 Å². The lowest BCUT2D eigenvalue weighted by molar-refractivity contribution is 0.698. The molecule has 1 heteroatoms. The summed E-state index contributed by atoms with van der Waals surface area (Å²) in [5, 5.41) is 3.02. The van der Waals surface area contributed by atoms with E-state index in [4.69, 9.17) is 0 Å². The first-order chi connectivity index (χ1) is 9.34. The molecule has 0 radical (unpaired) electrons. The molecule has 0 aliphatic carbocycles. The normalized spacial score (nSPS) is 11.9. The SMILES string of the molecule is CCCC/C=C/NC#CCCC(C)c1ccccc1. The minimum Gasteiger partial charge on any atom is -0.322 e. The summed E-state index contributed by atoms with van der Waals surface area (Å²) in [6.45, 7) is 4.46.